The molecule has 2 unspecified atom stereocenters. The summed E-state index contributed by atoms with van der Waals surface area (Å²) in [6, 6.07) is 2.11. The lowest BCUT2D eigenvalue weighted by atomic mass is 10.0. The van der Waals surface area contributed by atoms with Crippen LogP contribution in [-0.4, -0.2) is 49.6 Å². The molecule has 0 aromatic carbocycles. The van der Waals surface area contributed by atoms with Crippen LogP contribution < -0.4 is 5.73 Å². The number of hydrogen-bond donors (Lipinski definition) is 1. The second-order valence-corrected chi connectivity index (χ2v) is 5.32. The molecule has 0 amide bonds. The maximum Gasteiger partial charge on any atom is 0.136 e. The second kappa shape index (κ2) is 4.87. The van der Waals surface area contributed by atoms with E-state index in [1.165, 1.54) is 0 Å². The summed E-state index contributed by atoms with van der Waals surface area (Å²) in [6.07, 6.45) is 1.67. The van der Waals surface area contributed by atoms with E-state index in [-0.39, 0.29) is 6.04 Å². The van der Waals surface area contributed by atoms with Crippen molar-refractivity contribution in [3.05, 3.63) is 22.6 Å². The number of nitrogens with two attached hydrogens (primary N) is 1. The molecule has 16 heavy (non-hydrogen) atoms. The van der Waals surface area contributed by atoms with E-state index in [2.05, 4.69) is 39.8 Å². The van der Waals surface area contributed by atoms with Crippen molar-refractivity contribution in [3.8, 4) is 0 Å². The third-order valence-corrected chi connectivity index (χ3v) is 3.92. The largest absolute Gasteiger partial charge is 0.466 e. The molecule has 0 saturated carbocycles. The first-order chi connectivity index (χ1) is 7.59. The van der Waals surface area contributed by atoms with Crippen LogP contribution in [0.15, 0.2) is 21.2 Å². The summed E-state index contributed by atoms with van der Waals surface area (Å²) in [5.74, 6) is 0.840. The van der Waals surface area contributed by atoms with E-state index in [4.69, 9.17) is 10.2 Å². The van der Waals surface area contributed by atoms with Gasteiger partial charge in [-0.2, -0.15) is 0 Å². The maximum atomic E-state index is 6.28. The molecule has 1 aromatic rings. The van der Waals surface area contributed by atoms with Crippen LogP contribution in [0.5, 0.6) is 0 Å². The molecule has 2 heterocycles. The Balaban J connectivity index is 2.14. The first-order valence-electron chi connectivity index (χ1n) is 5.47. The normalized spacial score (nSPS) is 25.9. The van der Waals surface area contributed by atoms with Gasteiger partial charge in [0, 0.05) is 25.7 Å². The molecular weight excluding hydrogens is 270 g/mol. The van der Waals surface area contributed by atoms with Crippen molar-refractivity contribution in [2.45, 2.75) is 12.1 Å². The van der Waals surface area contributed by atoms with E-state index < -0.39 is 0 Å². The summed E-state index contributed by atoms with van der Waals surface area (Å²) in [5, 5.41) is 0. The summed E-state index contributed by atoms with van der Waals surface area (Å²) >= 11 is 3.46. The van der Waals surface area contributed by atoms with Crippen LogP contribution in [0.1, 0.15) is 11.8 Å². The molecule has 90 valence electrons. The van der Waals surface area contributed by atoms with Gasteiger partial charge in [-0.15, -0.1) is 0 Å². The van der Waals surface area contributed by atoms with E-state index >= 15 is 0 Å². The molecule has 0 bridgehead atoms. The average molecular weight is 288 g/mol. The Hall–Kier alpha value is -0.360. The van der Waals surface area contributed by atoms with Gasteiger partial charge in [0.15, 0.2) is 0 Å². The number of nitrogens with zero attached hydrogens (tertiary/aromatic N) is 2. The third-order valence-electron chi connectivity index (χ3n) is 3.26. The number of halogens is 1. The molecule has 0 aliphatic carbocycles. The van der Waals surface area contributed by atoms with E-state index in [9.17, 15) is 0 Å². The highest BCUT2D eigenvalue weighted by molar-refractivity contribution is 9.10. The summed E-state index contributed by atoms with van der Waals surface area (Å²) in [4.78, 5) is 4.61. The highest BCUT2D eigenvalue weighted by Crippen LogP contribution is 2.28. The van der Waals surface area contributed by atoms with Crippen LogP contribution in [0.2, 0.25) is 0 Å². The molecule has 4 nitrogen and oxygen atoms in total. The Morgan fingerprint density at radius 2 is 2.25 bits per heavy atom. The van der Waals surface area contributed by atoms with E-state index in [0.717, 1.165) is 29.9 Å². The Labute approximate surface area is 105 Å². The minimum atomic E-state index is -0.0860. The summed E-state index contributed by atoms with van der Waals surface area (Å²) in [5.41, 5.74) is 6.28. The summed E-state index contributed by atoms with van der Waals surface area (Å²) in [7, 11) is 4.25. The fraction of sp³-hybridized carbons (Fsp3) is 0.636. The van der Waals surface area contributed by atoms with Crippen molar-refractivity contribution >= 4 is 15.9 Å². The van der Waals surface area contributed by atoms with E-state index in [0.29, 0.717) is 6.04 Å². The van der Waals surface area contributed by atoms with Crippen LogP contribution in [-0.2, 0) is 0 Å². The highest BCUT2D eigenvalue weighted by Gasteiger charge is 2.31. The minimum absolute atomic E-state index is 0.0860. The maximum absolute atomic E-state index is 6.28. The minimum Gasteiger partial charge on any atom is -0.466 e. The van der Waals surface area contributed by atoms with Gasteiger partial charge in [0.25, 0.3) is 0 Å². The lowest BCUT2D eigenvalue weighted by Crippen LogP contribution is -2.54. The monoisotopic (exact) mass is 287 g/mol. The lowest BCUT2D eigenvalue weighted by molar-refractivity contribution is 0.0919. The number of likely N-dealkylation sites (N-methyl/N-ethyl adjacent to an activating group) is 2. The predicted molar refractivity (Wildman–Crippen MR) is 67.3 cm³/mol. The molecule has 1 aliphatic heterocycles. The van der Waals surface area contributed by atoms with E-state index in [1.807, 2.05) is 6.07 Å². The molecule has 1 aromatic heterocycles. The molecule has 1 aliphatic rings. The first kappa shape index (κ1) is 12.1. The highest BCUT2D eigenvalue weighted by atomic mass is 79.9. The molecule has 1 fully saturated rings. The van der Waals surface area contributed by atoms with Crippen molar-refractivity contribution in [2.24, 2.45) is 5.73 Å². The van der Waals surface area contributed by atoms with Crippen molar-refractivity contribution in [2.75, 3.05) is 33.7 Å². The average Bonchev–Trinajstić information content (AvgIpc) is 2.67. The molecular formula is C11H18BrN3O. The van der Waals surface area contributed by atoms with Crippen LogP contribution in [0.25, 0.3) is 0 Å². The Kier molecular flexibility index (Phi) is 3.69. The van der Waals surface area contributed by atoms with Gasteiger partial charge < -0.3 is 15.1 Å². The number of hydrogen-bond acceptors (Lipinski definition) is 4. The molecule has 2 rings (SSSR count). The fourth-order valence-electron chi connectivity index (χ4n) is 2.15. The number of piperazine rings is 1. The standard InChI is InChI=1S/C11H18BrN3O/c1-14-4-5-15(2)9(7-14)10(13)11-8(12)3-6-16-11/h3,6,9-10H,4-5,7,13H2,1-2H3. The quantitative estimate of drug-likeness (QED) is 0.890. The van der Waals surface area contributed by atoms with Gasteiger partial charge in [0.1, 0.15) is 5.76 Å². The number of rotatable bonds is 2. The fourth-order valence-corrected chi connectivity index (χ4v) is 2.62. The van der Waals surface area contributed by atoms with Gasteiger partial charge in [-0.25, -0.2) is 0 Å². The lowest BCUT2D eigenvalue weighted by Gasteiger charge is -2.40. The van der Waals surface area contributed by atoms with Gasteiger partial charge in [-0.05, 0) is 36.1 Å². The van der Waals surface area contributed by atoms with E-state index in [1.54, 1.807) is 6.26 Å². The van der Waals surface area contributed by atoms with Crippen molar-refractivity contribution in [3.63, 3.8) is 0 Å². The molecule has 1 saturated heterocycles. The summed E-state index contributed by atoms with van der Waals surface area (Å²) in [6.45, 7) is 3.12. The van der Waals surface area contributed by atoms with Crippen molar-refractivity contribution in [1.82, 2.24) is 9.80 Å². The Morgan fingerprint density at radius 1 is 1.50 bits per heavy atom. The number of furan rings is 1. The van der Waals surface area contributed by atoms with Gasteiger partial charge in [-0.3, -0.25) is 4.90 Å². The zero-order chi connectivity index (χ0) is 11.7. The Morgan fingerprint density at radius 3 is 2.88 bits per heavy atom. The summed E-state index contributed by atoms with van der Waals surface area (Å²) < 4.78 is 6.41. The van der Waals surface area contributed by atoms with Crippen LogP contribution in [0, 0.1) is 0 Å². The first-order valence-corrected chi connectivity index (χ1v) is 6.26. The van der Waals surface area contributed by atoms with Gasteiger partial charge in [0.05, 0.1) is 16.8 Å². The van der Waals surface area contributed by atoms with Crippen molar-refractivity contribution < 1.29 is 4.42 Å². The topological polar surface area (TPSA) is 45.6 Å². The Bertz CT molecular complexity index is 355. The zero-order valence-corrected chi connectivity index (χ0v) is 11.3. The molecule has 0 radical (unpaired) electrons. The van der Waals surface area contributed by atoms with Gasteiger partial charge >= 0.3 is 0 Å². The predicted octanol–water partition coefficient (Wildman–Crippen LogP) is 1.29. The smallest absolute Gasteiger partial charge is 0.136 e. The van der Waals surface area contributed by atoms with Crippen LogP contribution >= 0.6 is 15.9 Å². The molecule has 0 spiro atoms. The zero-order valence-electron chi connectivity index (χ0n) is 9.69. The molecule has 2 atom stereocenters. The molecule has 5 heteroatoms. The SMILES string of the molecule is CN1CCN(C)C(C(N)c2occc2Br)C1. The molecule has 2 N–H and O–H groups in total. The van der Waals surface area contributed by atoms with Crippen molar-refractivity contribution in [1.29, 1.82) is 0 Å². The van der Waals surface area contributed by atoms with Gasteiger partial charge in [-0.1, -0.05) is 0 Å². The third kappa shape index (κ3) is 2.32. The van der Waals surface area contributed by atoms with Gasteiger partial charge in [0.2, 0.25) is 0 Å². The van der Waals surface area contributed by atoms with Crippen LogP contribution in [0.3, 0.4) is 0 Å². The second-order valence-electron chi connectivity index (χ2n) is 4.47. The van der Waals surface area contributed by atoms with Crippen LogP contribution in [0.4, 0.5) is 0 Å².